The van der Waals surface area contributed by atoms with E-state index in [2.05, 4.69) is 0 Å². The smallest absolute Gasteiger partial charge is 0.329 e. The molecule has 0 amide bonds. The van der Waals surface area contributed by atoms with Gasteiger partial charge in [-0.15, -0.1) is 0 Å². The second-order valence-corrected chi connectivity index (χ2v) is 5.19. The summed E-state index contributed by atoms with van der Waals surface area (Å²) in [6.07, 6.45) is 0. The molecule has 1 atom stereocenters. The lowest BCUT2D eigenvalue weighted by Gasteiger charge is -2.34. The number of rotatable bonds is 6. The molecule has 0 aromatic heterocycles. The van der Waals surface area contributed by atoms with Crippen LogP contribution in [0.5, 0.6) is 0 Å². The molecule has 0 heterocycles. The third-order valence-corrected chi connectivity index (χ3v) is 3.04. The average Bonchev–Trinajstić information content (AvgIpc) is 2.35. The van der Waals surface area contributed by atoms with Crippen molar-refractivity contribution in [3.63, 3.8) is 0 Å². The summed E-state index contributed by atoms with van der Waals surface area (Å²) in [6, 6.07) is 1.38. The summed E-state index contributed by atoms with van der Waals surface area (Å²) < 4.78 is 0. The minimum Gasteiger partial charge on any atom is -0.480 e. The summed E-state index contributed by atoms with van der Waals surface area (Å²) in [7, 11) is 1.25. The molecule has 0 saturated heterocycles. The largest absolute Gasteiger partial charge is 0.480 e. The fourth-order valence-corrected chi connectivity index (χ4v) is 2.15. The predicted octanol–water partition coefficient (Wildman–Crippen LogP) is 1.16. The molecule has 22 heavy (non-hydrogen) atoms. The summed E-state index contributed by atoms with van der Waals surface area (Å²) in [5.74, 6) is -1.39. The third-order valence-electron chi connectivity index (χ3n) is 3.04. The highest BCUT2D eigenvalue weighted by Gasteiger charge is 2.39. The number of nitro benzene ring substituents is 2. The van der Waals surface area contributed by atoms with Crippen LogP contribution < -0.4 is 4.90 Å². The number of likely N-dealkylation sites (N-methyl/N-ethyl adjacent to an activating group) is 1. The standard InChI is InChI=1S/C12H15N3O7/c1-12(2,18)10(11(16)17)13(3)8-5-4-7(14(19)20)6-9(8)15(21)22/h4-6,10,18H,1-3H3,(H,16,17)/t10-/m1/s1. The number of carboxylic acids is 1. The molecule has 0 saturated carbocycles. The lowest BCUT2D eigenvalue weighted by molar-refractivity contribution is -0.393. The molecule has 0 aliphatic rings. The van der Waals surface area contributed by atoms with Gasteiger partial charge >= 0.3 is 5.97 Å². The first-order valence-corrected chi connectivity index (χ1v) is 6.07. The number of nitrogens with zero attached hydrogens (tertiary/aromatic N) is 3. The van der Waals surface area contributed by atoms with Crippen LogP contribution >= 0.6 is 0 Å². The van der Waals surface area contributed by atoms with Gasteiger partial charge < -0.3 is 15.1 Å². The zero-order valence-corrected chi connectivity index (χ0v) is 12.1. The van der Waals surface area contributed by atoms with Gasteiger partial charge in [-0.3, -0.25) is 20.2 Å². The molecule has 120 valence electrons. The maximum Gasteiger partial charge on any atom is 0.329 e. The molecule has 10 nitrogen and oxygen atoms in total. The maximum atomic E-state index is 11.3. The minimum absolute atomic E-state index is 0.148. The zero-order valence-electron chi connectivity index (χ0n) is 12.1. The molecule has 0 radical (unpaired) electrons. The van der Waals surface area contributed by atoms with Gasteiger partial charge in [-0.1, -0.05) is 0 Å². The molecule has 0 aliphatic heterocycles. The summed E-state index contributed by atoms with van der Waals surface area (Å²) in [4.78, 5) is 32.5. The van der Waals surface area contributed by atoms with Gasteiger partial charge in [0.2, 0.25) is 0 Å². The van der Waals surface area contributed by atoms with Crippen molar-refractivity contribution in [2.24, 2.45) is 0 Å². The monoisotopic (exact) mass is 313 g/mol. The Labute approximate surface area is 124 Å². The van der Waals surface area contributed by atoms with Crippen molar-refractivity contribution in [2.45, 2.75) is 25.5 Å². The number of benzene rings is 1. The molecule has 2 N–H and O–H groups in total. The second-order valence-electron chi connectivity index (χ2n) is 5.19. The van der Waals surface area contributed by atoms with Gasteiger partial charge in [0.15, 0.2) is 6.04 Å². The van der Waals surface area contributed by atoms with Gasteiger partial charge in [0.25, 0.3) is 11.4 Å². The normalized spacial score (nSPS) is 12.5. The van der Waals surface area contributed by atoms with Crippen molar-refractivity contribution in [1.82, 2.24) is 0 Å². The highest BCUT2D eigenvalue weighted by atomic mass is 16.6. The number of carbonyl (C=O) groups is 1. The number of aliphatic carboxylic acids is 1. The van der Waals surface area contributed by atoms with Crippen LogP contribution in [0.25, 0.3) is 0 Å². The summed E-state index contributed by atoms with van der Waals surface area (Å²) in [5.41, 5.74) is -2.95. The van der Waals surface area contributed by atoms with Gasteiger partial charge in [-0.25, -0.2) is 4.79 Å². The fourth-order valence-electron chi connectivity index (χ4n) is 2.15. The molecule has 0 bridgehead atoms. The SMILES string of the molecule is CN(c1ccc([N+](=O)[O-])cc1[N+](=O)[O-])[C@H](C(=O)O)C(C)(C)O. The van der Waals surface area contributed by atoms with Crippen LogP contribution in [-0.2, 0) is 4.79 Å². The van der Waals surface area contributed by atoms with Crippen LogP contribution in [0.4, 0.5) is 17.1 Å². The van der Waals surface area contributed by atoms with Crippen LogP contribution in [0.15, 0.2) is 18.2 Å². The Hall–Kier alpha value is -2.75. The number of hydrogen-bond acceptors (Lipinski definition) is 7. The Morgan fingerprint density at radius 3 is 2.18 bits per heavy atom. The van der Waals surface area contributed by atoms with Gasteiger partial charge in [0, 0.05) is 13.1 Å². The third kappa shape index (κ3) is 3.47. The summed E-state index contributed by atoms with van der Waals surface area (Å²) in [5, 5.41) is 41.0. The van der Waals surface area contributed by atoms with E-state index in [4.69, 9.17) is 0 Å². The van der Waals surface area contributed by atoms with Crippen molar-refractivity contribution in [2.75, 3.05) is 11.9 Å². The highest BCUT2D eigenvalue weighted by molar-refractivity contribution is 5.81. The van der Waals surface area contributed by atoms with Gasteiger partial charge in [0.05, 0.1) is 21.5 Å². The van der Waals surface area contributed by atoms with Gasteiger partial charge in [-0.2, -0.15) is 0 Å². The number of carboxylic acid groups (broad SMARTS) is 1. The van der Waals surface area contributed by atoms with E-state index in [0.717, 1.165) is 23.1 Å². The Balaban J connectivity index is 3.44. The van der Waals surface area contributed by atoms with Crippen LogP contribution in [0.1, 0.15) is 13.8 Å². The molecule has 10 heteroatoms. The molecule has 1 aromatic carbocycles. The Morgan fingerprint density at radius 1 is 1.27 bits per heavy atom. The van der Waals surface area contributed by atoms with Crippen LogP contribution in [0.2, 0.25) is 0 Å². The number of nitro groups is 2. The average molecular weight is 313 g/mol. The van der Waals surface area contributed by atoms with E-state index in [1.54, 1.807) is 0 Å². The summed E-state index contributed by atoms with van der Waals surface area (Å²) in [6.45, 7) is 2.50. The quantitative estimate of drug-likeness (QED) is 0.587. The van der Waals surface area contributed by atoms with E-state index in [1.807, 2.05) is 0 Å². The zero-order chi connectivity index (χ0) is 17.2. The van der Waals surface area contributed by atoms with Crippen molar-refractivity contribution in [1.29, 1.82) is 0 Å². The molecular weight excluding hydrogens is 298 g/mol. The number of non-ortho nitro benzene ring substituents is 1. The van der Waals surface area contributed by atoms with Crippen molar-refractivity contribution < 1.29 is 24.9 Å². The first-order chi connectivity index (χ1) is 9.96. The van der Waals surface area contributed by atoms with E-state index >= 15 is 0 Å². The lowest BCUT2D eigenvalue weighted by Crippen LogP contribution is -2.53. The van der Waals surface area contributed by atoms with Crippen molar-refractivity contribution >= 4 is 23.0 Å². The first-order valence-electron chi connectivity index (χ1n) is 6.07. The van der Waals surface area contributed by atoms with Crippen LogP contribution in [-0.4, -0.2) is 44.7 Å². The first kappa shape index (κ1) is 17.3. The number of hydrogen-bond donors (Lipinski definition) is 2. The Kier molecular flexibility index (Phi) is 4.67. The highest BCUT2D eigenvalue weighted by Crippen LogP contribution is 2.34. The van der Waals surface area contributed by atoms with E-state index in [-0.39, 0.29) is 5.69 Å². The summed E-state index contributed by atoms with van der Waals surface area (Å²) >= 11 is 0. The van der Waals surface area contributed by atoms with Crippen LogP contribution in [0, 0.1) is 20.2 Å². The van der Waals surface area contributed by atoms with Gasteiger partial charge in [0.1, 0.15) is 5.69 Å². The van der Waals surface area contributed by atoms with Crippen molar-refractivity contribution in [3.05, 3.63) is 38.4 Å². The topological polar surface area (TPSA) is 147 Å². The Bertz CT molecular complexity index is 624. The van der Waals surface area contributed by atoms with Crippen LogP contribution in [0.3, 0.4) is 0 Å². The van der Waals surface area contributed by atoms with E-state index in [0.29, 0.717) is 0 Å². The predicted molar refractivity (Wildman–Crippen MR) is 75.9 cm³/mol. The molecule has 0 spiro atoms. The molecule has 1 rings (SSSR count). The maximum absolute atomic E-state index is 11.3. The van der Waals surface area contributed by atoms with E-state index in [9.17, 15) is 35.2 Å². The van der Waals surface area contributed by atoms with E-state index in [1.165, 1.54) is 20.9 Å². The molecule has 0 aliphatic carbocycles. The second kappa shape index (κ2) is 5.93. The fraction of sp³-hybridized carbons (Fsp3) is 0.417. The minimum atomic E-state index is -1.70. The van der Waals surface area contributed by atoms with E-state index < -0.39 is 38.8 Å². The molecule has 0 unspecified atom stereocenters. The molecule has 0 fully saturated rings. The number of anilines is 1. The lowest BCUT2D eigenvalue weighted by atomic mass is 9.97. The van der Waals surface area contributed by atoms with Gasteiger partial charge in [-0.05, 0) is 19.9 Å². The molecule has 1 aromatic rings. The molecular formula is C12H15N3O7. The number of aliphatic hydroxyl groups is 1. The Morgan fingerprint density at radius 2 is 1.82 bits per heavy atom. The van der Waals surface area contributed by atoms with Crippen molar-refractivity contribution in [3.8, 4) is 0 Å².